The Hall–Kier alpha value is -2.73. The lowest BCUT2D eigenvalue weighted by Gasteiger charge is -2.11. The molecule has 0 saturated heterocycles. The van der Waals surface area contributed by atoms with Crippen LogP contribution in [0.2, 0.25) is 0 Å². The van der Waals surface area contributed by atoms with E-state index < -0.39 is 0 Å². The van der Waals surface area contributed by atoms with Crippen LogP contribution in [-0.2, 0) is 0 Å². The molecular weight excluding hydrogens is 328 g/mol. The van der Waals surface area contributed by atoms with Crippen molar-refractivity contribution in [2.24, 2.45) is 0 Å². The van der Waals surface area contributed by atoms with Crippen molar-refractivity contribution >= 4 is 17.5 Å². The molecule has 0 fully saturated rings. The number of amides is 2. The van der Waals surface area contributed by atoms with Gasteiger partial charge in [-0.1, -0.05) is 26.0 Å². The van der Waals surface area contributed by atoms with Crippen LogP contribution in [0, 0.1) is 0 Å². The Labute approximate surface area is 154 Å². The van der Waals surface area contributed by atoms with Crippen molar-refractivity contribution in [3.05, 3.63) is 59.4 Å². The van der Waals surface area contributed by atoms with Crippen molar-refractivity contribution in [2.75, 3.05) is 32.5 Å². The van der Waals surface area contributed by atoms with Crippen LogP contribution in [0.4, 0.5) is 5.69 Å². The molecule has 1 aromatic carbocycles. The maximum absolute atomic E-state index is 12.4. The summed E-state index contributed by atoms with van der Waals surface area (Å²) in [5, 5.41) is 5.63. The van der Waals surface area contributed by atoms with E-state index >= 15 is 0 Å². The second kappa shape index (κ2) is 9.10. The zero-order valence-electron chi connectivity index (χ0n) is 15.7. The fraction of sp³-hybridized carbons (Fsp3) is 0.350. The van der Waals surface area contributed by atoms with Gasteiger partial charge in [0.15, 0.2) is 0 Å². The Morgan fingerprint density at radius 2 is 1.77 bits per heavy atom. The van der Waals surface area contributed by atoms with Gasteiger partial charge in [-0.05, 0) is 49.8 Å². The van der Waals surface area contributed by atoms with Gasteiger partial charge in [-0.2, -0.15) is 0 Å². The van der Waals surface area contributed by atoms with Gasteiger partial charge >= 0.3 is 0 Å². The molecule has 2 N–H and O–H groups in total. The van der Waals surface area contributed by atoms with Crippen LogP contribution in [-0.4, -0.2) is 48.9 Å². The second-order valence-electron chi connectivity index (χ2n) is 6.72. The van der Waals surface area contributed by atoms with Crippen molar-refractivity contribution in [1.82, 2.24) is 15.2 Å². The van der Waals surface area contributed by atoms with Crippen molar-refractivity contribution in [2.45, 2.75) is 19.8 Å². The first-order valence-electron chi connectivity index (χ1n) is 8.67. The smallest absolute Gasteiger partial charge is 0.274 e. The van der Waals surface area contributed by atoms with Gasteiger partial charge in [0.2, 0.25) is 0 Å². The highest BCUT2D eigenvalue weighted by atomic mass is 16.2. The molecule has 1 heterocycles. The number of carbonyl (C=O) groups is 2. The van der Waals surface area contributed by atoms with Gasteiger partial charge in [-0.15, -0.1) is 0 Å². The van der Waals surface area contributed by atoms with Crippen molar-refractivity contribution < 1.29 is 9.59 Å². The van der Waals surface area contributed by atoms with Gasteiger partial charge in [0, 0.05) is 30.5 Å². The normalized spacial score (nSPS) is 10.8. The van der Waals surface area contributed by atoms with Crippen LogP contribution >= 0.6 is 0 Å². The van der Waals surface area contributed by atoms with Gasteiger partial charge in [-0.3, -0.25) is 14.6 Å². The summed E-state index contributed by atoms with van der Waals surface area (Å²) in [7, 11) is 3.88. The minimum absolute atomic E-state index is 0.207. The SMILES string of the molecule is CC(C)c1ccc(NC(=O)c2cc(C(=O)NCCN(C)C)ccn2)cc1. The minimum Gasteiger partial charge on any atom is -0.351 e. The number of pyridine rings is 1. The summed E-state index contributed by atoms with van der Waals surface area (Å²) in [5.41, 5.74) is 2.52. The molecule has 0 spiro atoms. The highest BCUT2D eigenvalue weighted by molar-refractivity contribution is 6.04. The minimum atomic E-state index is -0.342. The fourth-order valence-electron chi connectivity index (χ4n) is 2.34. The number of aromatic nitrogens is 1. The summed E-state index contributed by atoms with van der Waals surface area (Å²) < 4.78 is 0. The number of benzene rings is 1. The van der Waals surface area contributed by atoms with Gasteiger partial charge in [0.25, 0.3) is 11.8 Å². The lowest BCUT2D eigenvalue weighted by Crippen LogP contribution is -2.31. The van der Waals surface area contributed by atoms with Crippen molar-refractivity contribution in [1.29, 1.82) is 0 Å². The lowest BCUT2D eigenvalue weighted by atomic mass is 10.0. The molecule has 0 unspecified atom stereocenters. The van der Waals surface area contributed by atoms with Gasteiger partial charge in [0.05, 0.1) is 0 Å². The van der Waals surface area contributed by atoms with Crippen LogP contribution in [0.25, 0.3) is 0 Å². The van der Waals surface area contributed by atoms with Crippen LogP contribution in [0.5, 0.6) is 0 Å². The first-order valence-corrected chi connectivity index (χ1v) is 8.67. The number of hydrogen-bond donors (Lipinski definition) is 2. The number of nitrogens with zero attached hydrogens (tertiary/aromatic N) is 2. The highest BCUT2D eigenvalue weighted by Crippen LogP contribution is 2.17. The molecule has 0 radical (unpaired) electrons. The third-order valence-electron chi connectivity index (χ3n) is 3.93. The van der Waals surface area contributed by atoms with E-state index in [1.165, 1.54) is 17.8 Å². The first kappa shape index (κ1) is 19.6. The van der Waals surface area contributed by atoms with E-state index in [1.54, 1.807) is 6.07 Å². The third-order valence-corrected chi connectivity index (χ3v) is 3.93. The Morgan fingerprint density at radius 3 is 2.38 bits per heavy atom. The van der Waals surface area contributed by atoms with E-state index in [1.807, 2.05) is 43.3 Å². The summed E-state index contributed by atoms with van der Waals surface area (Å²) in [6, 6.07) is 10.8. The zero-order chi connectivity index (χ0) is 19.1. The van der Waals surface area contributed by atoms with Crippen molar-refractivity contribution in [3.8, 4) is 0 Å². The standard InChI is InChI=1S/C20H26N4O2/c1-14(2)15-5-7-17(8-6-15)23-20(26)18-13-16(9-10-21-18)19(25)22-11-12-24(3)4/h5-10,13-14H,11-12H2,1-4H3,(H,22,25)(H,23,26). The average Bonchev–Trinajstić information content (AvgIpc) is 2.62. The van der Waals surface area contributed by atoms with Gasteiger partial charge < -0.3 is 15.5 Å². The zero-order valence-corrected chi connectivity index (χ0v) is 15.7. The molecule has 6 nitrogen and oxygen atoms in total. The molecule has 6 heteroatoms. The molecule has 0 aliphatic carbocycles. The molecule has 2 amide bonds. The van der Waals surface area contributed by atoms with E-state index in [-0.39, 0.29) is 17.5 Å². The fourth-order valence-corrected chi connectivity index (χ4v) is 2.34. The molecular formula is C20H26N4O2. The average molecular weight is 354 g/mol. The van der Waals surface area contributed by atoms with E-state index in [9.17, 15) is 9.59 Å². The van der Waals surface area contributed by atoms with Crippen LogP contribution in [0.3, 0.4) is 0 Å². The van der Waals surface area contributed by atoms with E-state index in [0.29, 0.717) is 23.7 Å². The summed E-state index contributed by atoms with van der Waals surface area (Å²) in [4.78, 5) is 30.6. The summed E-state index contributed by atoms with van der Waals surface area (Å²) in [6.07, 6.45) is 1.47. The van der Waals surface area contributed by atoms with Crippen LogP contribution in [0.15, 0.2) is 42.6 Å². The highest BCUT2D eigenvalue weighted by Gasteiger charge is 2.12. The number of carbonyl (C=O) groups excluding carboxylic acids is 2. The number of nitrogens with one attached hydrogen (secondary N) is 2. The largest absolute Gasteiger partial charge is 0.351 e. The molecule has 138 valence electrons. The van der Waals surface area contributed by atoms with Gasteiger partial charge in [0.1, 0.15) is 5.69 Å². The predicted molar refractivity (Wildman–Crippen MR) is 104 cm³/mol. The second-order valence-corrected chi connectivity index (χ2v) is 6.72. The molecule has 0 atom stereocenters. The molecule has 0 aliphatic heterocycles. The topological polar surface area (TPSA) is 74.3 Å². The summed E-state index contributed by atoms with van der Waals surface area (Å²) >= 11 is 0. The Bertz CT molecular complexity index is 755. The Kier molecular flexibility index (Phi) is 6.86. The Balaban J connectivity index is 2.01. The summed E-state index contributed by atoms with van der Waals surface area (Å²) in [6.45, 7) is 5.52. The molecule has 1 aromatic heterocycles. The third kappa shape index (κ3) is 5.67. The molecule has 0 bridgehead atoms. The predicted octanol–water partition coefficient (Wildman–Crippen LogP) is 2.75. The number of likely N-dealkylation sites (N-methyl/N-ethyl adjacent to an activating group) is 1. The van der Waals surface area contributed by atoms with Crippen LogP contribution in [0.1, 0.15) is 46.2 Å². The first-order chi connectivity index (χ1) is 12.4. The van der Waals surface area contributed by atoms with E-state index in [2.05, 4.69) is 29.5 Å². The van der Waals surface area contributed by atoms with Gasteiger partial charge in [-0.25, -0.2) is 0 Å². The molecule has 0 saturated carbocycles. The molecule has 26 heavy (non-hydrogen) atoms. The van der Waals surface area contributed by atoms with E-state index in [4.69, 9.17) is 0 Å². The number of rotatable bonds is 7. The molecule has 2 rings (SSSR count). The lowest BCUT2D eigenvalue weighted by molar-refractivity contribution is 0.0951. The van der Waals surface area contributed by atoms with Crippen LogP contribution < -0.4 is 10.6 Å². The maximum atomic E-state index is 12.4. The Morgan fingerprint density at radius 1 is 1.08 bits per heavy atom. The number of hydrogen-bond acceptors (Lipinski definition) is 4. The quantitative estimate of drug-likeness (QED) is 0.802. The maximum Gasteiger partial charge on any atom is 0.274 e. The van der Waals surface area contributed by atoms with Crippen molar-refractivity contribution in [3.63, 3.8) is 0 Å². The number of anilines is 1. The van der Waals surface area contributed by atoms with E-state index in [0.717, 1.165) is 6.54 Å². The monoisotopic (exact) mass is 354 g/mol. The molecule has 0 aliphatic rings. The summed E-state index contributed by atoms with van der Waals surface area (Å²) in [5.74, 6) is -0.126. The molecule has 2 aromatic rings.